The maximum absolute atomic E-state index is 14.8. The smallest absolute Gasteiger partial charge is 0.239 e. The van der Waals surface area contributed by atoms with Crippen LogP contribution in [0.2, 0.25) is 0 Å². The van der Waals surface area contributed by atoms with Crippen LogP contribution in [0, 0.1) is 71.6 Å². The van der Waals surface area contributed by atoms with Gasteiger partial charge in [-0.1, -0.05) is 24.3 Å². The second-order valence-corrected chi connectivity index (χ2v) is 10.1. The minimum atomic E-state index is -5.13. The first-order valence-electron chi connectivity index (χ1n) is 13.1. The van der Waals surface area contributed by atoms with Crippen LogP contribution in [0.5, 0.6) is 0 Å². The first-order chi connectivity index (χ1) is 22.5. The number of hydrogen-bond donors (Lipinski definition) is 0. The molecule has 47 heavy (non-hydrogen) atoms. The molecule has 3 aromatic carbocycles. The Morgan fingerprint density at radius 2 is 1.23 bits per heavy atom. The Hall–Kier alpha value is -7.67. The largest absolute Gasteiger partial charge is 0.417 e. The molecule has 0 aliphatic heterocycles. The second-order valence-electron chi connectivity index (χ2n) is 10.1. The average molecular weight is 613 g/mol. The Kier molecular flexibility index (Phi) is 7.49. The van der Waals surface area contributed by atoms with Crippen molar-refractivity contribution in [2.45, 2.75) is 13.1 Å². The quantitative estimate of drug-likeness (QED) is 0.212. The first kappa shape index (κ1) is 30.8. The standard InChI is InChI=1S/C36H11F3N8/c1-18-31(29(16-42)21-9-23(44-2)11-24(10-21)45-3)27-13-26-25(12-28(27)34(18)46-4)30(17-43)33(36(37,38)39)32(26)35(47-5)22-7-19(14-40)6-20(8-22)15-41/h6-13H,1H3/b31-29+,35-32+. The summed E-state index contributed by atoms with van der Waals surface area (Å²) >= 11 is 0. The van der Waals surface area contributed by atoms with Gasteiger partial charge in [-0.15, -0.1) is 0 Å². The zero-order chi connectivity index (χ0) is 34.2. The fraction of sp³-hybridized carbons (Fsp3) is 0.0556. The third-order valence-electron chi connectivity index (χ3n) is 7.58. The van der Waals surface area contributed by atoms with Crippen molar-refractivity contribution in [3.63, 3.8) is 0 Å². The third kappa shape index (κ3) is 4.83. The van der Waals surface area contributed by atoms with E-state index < -0.39 is 28.6 Å². The minimum Gasteiger partial charge on any atom is -0.239 e. The second kappa shape index (κ2) is 11.4. The average Bonchev–Trinajstić information content (AvgIpc) is 3.54. The van der Waals surface area contributed by atoms with Crippen molar-refractivity contribution >= 4 is 45.1 Å². The highest BCUT2D eigenvalue weighted by atomic mass is 19.4. The molecular weight excluding hydrogens is 601 g/mol. The van der Waals surface area contributed by atoms with Crippen LogP contribution in [0.15, 0.2) is 59.7 Å². The summed E-state index contributed by atoms with van der Waals surface area (Å²) in [6.07, 6.45) is -5.13. The van der Waals surface area contributed by atoms with Gasteiger partial charge in [-0.05, 0) is 75.7 Å². The summed E-state index contributed by atoms with van der Waals surface area (Å²) in [5, 5.41) is 39.4. The van der Waals surface area contributed by atoms with Crippen LogP contribution in [0.4, 0.5) is 24.5 Å². The molecule has 0 saturated carbocycles. The maximum Gasteiger partial charge on any atom is 0.417 e. The predicted molar refractivity (Wildman–Crippen MR) is 165 cm³/mol. The monoisotopic (exact) mass is 612 g/mol. The number of benzene rings is 3. The molecule has 0 N–H and O–H groups in total. The summed E-state index contributed by atoms with van der Waals surface area (Å²) in [4.78, 5) is 13.7. The Labute approximate surface area is 266 Å². The van der Waals surface area contributed by atoms with Crippen molar-refractivity contribution in [2.24, 2.45) is 0 Å². The Morgan fingerprint density at radius 1 is 0.660 bits per heavy atom. The van der Waals surface area contributed by atoms with Gasteiger partial charge in [-0.25, -0.2) is 19.4 Å². The van der Waals surface area contributed by atoms with Crippen LogP contribution in [0.25, 0.3) is 53.1 Å². The van der Waals surface area contributed by atoms with Crippen LogP contribution in [-0.2, 0) is 0 Å². The van der Waals surface area contributed by atoms with E-state index in [2.05, 4.69) is 25.4 Å². The number of hydrogen-bond acceptors (Lipinski definition) is 4. The number of rotatable bonds is 2. The lowest BCUT2D eigenvalue weighted by Crippen LogP contribution is -2.13. The van der Waals surface area contributed by atoms with Gasteiger partial charge < -0.3 is 0 Å². The van der Waals surface area contributed by atoms with Gasteiger partial charge in [0.2, 0.25) is 5.70 Å². The van der Waals surface area contributed by atoms with E-state index in [1.165, 1.54) is 48.5 Å². The molecule has 0 bridgehead atoms. The number of nitriles is 4. The highest BCUT2D eigenvalue weighted by molar-refractivity contribution is 6.18. The third-order valence-corrected chi connectivity index (χ3v) is 7.58. The van der Waals surface area contributed by atoms with E-state index >= 15 is 0 Å². The van der Waals surface area contributed by atoms with E-state index in [0.29, 0.717) is 5.57 Å². The number of allylic oxidation sites excluding steroid dienone is 6. The van der Waals surface area contributed by atoms with Crippen LogP contribution < -0.4 is 0 Å². The van der Waals surface area contributed by atoms with E-state index in [4.69, 9.17) is 26.3 Å². The van der Waals surface area contributed by atoms with Crippen molar-refractivity contribution in [1.29, 1.82) is 21.0 Å². The predicted octanol–water partition coefficient (Wildman–Crippen LogP) is 9.27. The molecule has 0 heterocycles. The van der Waals surface area contributed by atoms with E-state index in [0.717, 1.165) is 0 Å². The summed E-state index contributed by atoms with van der Waals surface area (Å²) in [5.41, 5.74) is -2.94. The van der Waals surface area contributed by atoms with E-state index in [9.17, 15) is 34.2 Å². The normalized spacial score (nSPS) is 15.0. The highest BCUT2D eigenvalue weighted by Gasteiger charge is 2.46. The van der Waals surface area contributed by atoms with Crippen LogP contribution in [0.1, 0.15) is 51.4 Å². The van der Waals surface area contributed by atoms with E-state index in [1.54, 1.807) is 13.0 Å². The fourth-order valence-corrected chi connectivity index (χ4v) is 5.74. The molecule has 2 aliphatic carbocycles. The molecule has 216 valence electrons. The van der Waals surface area contributed by atoms with Gasteiger partial charge in [0.25, 0.3) is 0 Å². The van der Waals surface area contributed by atoms with Crippen LogP contribution in [0.3, 0.4) is 0 Å². The molecule has 0 saturated heterocycles. The van der Waals surface area contributed by atoms with Gasteiger partial charge in [0.05, 0.1) is 66.3 Å². The molecule has 0 aromatic heterocycles. The van der Waals surface area contributed by atoms with Gasteiger partial charge in [-0.3, -0.25) is 0 Å². The molecule has 0 atom stereocenters. The number of nitrogens with zero attached hydrogens (tertiary/aromatic N) is 8. The van der Waals surface area contributed by atoms with Gasteiger partial charge in [-0.2, -0.15) is 34.2 Å². The zero-order valence-electron chi connectivity index (χ0n) is 23.8. The molecular formula is C36H11F3N8. The van der Waals surface area contributed by atoms with Crippen LogP contribution in [-0.4, -0.2) is 6.18 Å². The molecule has 0 spiro atoms. The molecule has 8 nitrogen and oxygen atoms in total. The summed E-state index contributed by atoms with van der Waals surface area (Å²) < 4.78 is 44.5. The number of fused-ring (bicyclic) bond motifs is 2. The van der Waals surface area contributed by atoms with Gasteiger partial charge in [0.1, 0.15) is 12.1 Å². The SMILES string of the molecule is [C-]#[N+]C1=C(C)/C(=C(/C#N)c2cc([N+]#[C-])cc([N+]#[C-])c2)c2cc3c(cc21)C(C#N)=C(C(F)(F)F)/C3=C(/[N+]#[C-])c1cc(C#N)cc(C#N)c1. The Balaban J connectivity index is 1.96. The number of halogens is 3. The lowest BCUT2D eigenvalue weighted by molar-refractivity contribution is -0.0862. The van der Waals surface area contributed by atoms with Crippen LogP contribution >= 0.6 is 0 Å². The van der Waals surface area contributed by atoms with Crippen molar-refractivity contribution in [2.75, 3.05) is 0 Å². The van der Waals surface area contributed by atoms with Crippen molar-refractivity contribution in [3.8, 4) is 24.3 Å². The summed E-state index contributed by atoms with van der Waals surface area (Å²) in [7, 11) is 0. The topological polar surface area (TPSA) is 113 Å². The summed E-state index contributed by atoms with van der Waals surface area (Å²) in [6, 6.07) is 17.6. The first-order valence-corrected chi connectivity index (χ1v) is 13.1. The van der Waals surface area contributed by atoms with Gasteiger partial charge >= 0.3 is 6.18 Å². The summed E-state index contributed by atoms with van der Waals surface area (Å²) in [5.74, 6) is 0. The minimum absolute atomic E-state index is 0.0198. The Morgan fingerprint density at radius 3 is 1.70 bits per heavy atom. The molecule has 0 fully saturated rings. The van der Waals surface area contributed by atoms with E-state index in [1.807, 2.05) is 12.1 Å². The van der Waals surface area contributed by atoms with Gasteiger partial charge in [0.15, 0.2) is 17.1 Å². The molecule has 0 radical (unpaired) electrons. The maximum atomic E-state index is 14.8. The highest BCUT2D eigenvalue weighted by Crippen LogP contribution is 2.55. The number of alkyl halides is 3. The van der Waals surface area contributed by atoms with Crippen molar-refractivity contribution < 1.29 is 13.2 Å². The van der Waals surface area contributed by atoms with Crippen molar-refractivity contribution in [1.82, 2.24) is 0 Å². The lowest BCUT2D eigenvalue weighted by Gasteiger charge is -2.16. The molecule has 0 unspecified atom stereocenters. The van der Waals surface area contributed by atoms with E-state index in [-0.39, 0.29) is 72.7 Å². The Bertz CT molecular complexity index is 2420. The fourth-order valence-electron chi connectivity index (χ4n) is 5.74. The lowest BCUT2D eigenvalue weighted by atomic mass is 9.89. The molecule has 5 rings (SSSR count). The molecule has 2 aliphatic rings. The molecule has 3 aromatic rings. The molecule has 11 heteroatoms. The van der Waals surface area contributed by atoms with Crippen molar-refractivity contribution in [3.05, 3.63) is 150 Å². The van der Waals surface area contributed by atoms with Gasteiger partial charge in [0, 0.05) is 5.57 Å². The molecule has 0 amide bonds. The summed E-state index contributed by atoms with van der Waals surface area (Å²) in [6.45, 7) is 32.2. The zero-order valence-corrected chi connectivity index (χ0v) is 23.8.